The fourth-order valence-electron chi connectivity index (χ4n) is 6.52. The van der Waals surface area contributed by atoms with Gasteiger partial charge in [-0.25, -0.2) is 4.98 Å². The number of nitrogens with zero attached hydrogens (tertiary/aromatic N) is 3. The van der Waals surface area contributed by atoms with E-state index in [4.69, 9.17) is 13.9 Å². The van der Waals surface area contributed by atoms with E-state index in [1.54, 1.807) is 30.5 Å². The van der Waals surface area contributed by atoms with Gasteiger partial charge in [-0.2, -0.15) is 0 Å². The molecule has 0 aliphatic carbocycles. The third kappa shape index (κ3) is 7.38. The maximum absolute atomic E-state index is 13.7. The van der Waals surface area contributed by atoms with E-state index in [0.717, 1.165) is 44.2 Å². The van der Waals surface area contributed by atoms with E-state index < -0.39 is 11.8 Å². The first-order chi connectivity index (χ1) is 24.9. The van der Waals surface area contributed by atoms with E-state index in [9.17, 15) is 14.4 Å². The lowest BCUT2D eigenvalue weighted by atomic mass is 9.89. The molecule has 4 aromatic carbocycles. The molecule has 258 valence electrons. The number of carbonyl (C=O) groups excluding carboxylic acids is 2. The largest absolute Gasteiger partial charge is 0.493 e. The molecule has 1 aliphatic rings. The fraction of sp³-hybridized carbons (Fsp3) is 0.200. The first-order valence-corrected chi connectivity index (χ1v) is 16.7. The number of hydrogen-bond acceptors (Lipinski definition) is 8. The van der Waals surface area contributed by atoms with Crippen LogP contribution in [0.4, 0.5) is 11.4 Å². The molecule has 11 nitrogen and oxygen atoms in total. The van der Waals surface area contributed by atoms with Gasteiger partial charge >= 0.3 is 0 Å². The summed E-state index contributed by atoms with van der Waals surface area (Å²) in [6, 6.07) is 27.3. The highest BCUT2D eigenvalue weighted by molar-refractivity contribution is 6.12. The molecule has 0 atom stereocenters. The van der Waals surface area contributed by atoms with Crippen molar-refractivity contribution < 1.29 is 23.5 Å². The molecular weight excluding hydrogens is 646 g/mol. The second kappa shape index (κ2) is 14.7. The van der Waals surface area contributed by atoms with Crippen molar-refractivity contribution in [1.29, 1.82) is 0 Å². The van der Waals surface area contributed by atoms with Crippen LogP contribution in [0.3, 0.4) is 0 Å². The molecule has 6 aromatic rings. The molecule has 0 saturated carbocycles. The number of imidazole rings is 1. The zero-order valence-corrected chi connectivity index (χ0v) is 28.3. The molecule has 0 unspecified atom stereocenters. The number of amides is 2. The minimum Gasteiger partial charge on any atom is -0.493 e. The van der Waals surface area contributed by atoms with Gasteiger partial charge in [0, 0.05) is 42.4 Å². The maximum atomic E-state index is 13.7. The highest BCUT2D eigenvalue weighted by atomic mass is 16.5. The monoisotopic (exact) mass is 683 g/mol. The first-order valence-electron chi connectivity index (χ1n) is 16.7. The van der Waals surface area contributed by atoms with Gasteiger partial charge in [-0.1, -0.05) is 36.4 Å². The van der Waals surface area contributed by atoms with Gasteiger partial charge in [-0.3, -0.25) is 19.3 Å². The number of rotatable bonds is 10. The Morgan fingerprint density at radius 1 is 0.863 bits per heavy atom. The molecule has 7 rings (SSSR count). The number of anilines is 2. The molecule has 0 spiro atoms. The van der Waals surface area contributed by atoms with E-state index in [1.807, 2.05) is 29.2 Å². The lowest BCUT2D eigenvalue weighted by Crippen LogP contribution is -2.32. The van der Waals surface area contributed by atoms with Gasteiger partial charge in [-0.05, 0) is 85.4 Å². The van der Waals surface area contributed by atoms with Crippen LogP contribution >= 0.6 is 0 Å². The summed E-state index contributed by atoms with van der Waals surface area (Å²) in [4.78, 5) is 46.2. The van der Waals surface area contributed by atoms with Gasteiger partial charge in [-0.15, -0.1) is 0 Å². The normalized spacial score (nSPS) is 13.5. The van der Waals surface area contributed by atoms with Crippen molar-refractivity contribution in [2.75, 3.05) is 37.9 Å². The van der Waals surface area contributed by atoms with Crippen LogP contribution in [0.25, 0.3) is 16.7 Å². The number of ether oxygens (including phenoxy) is 2. The van der Waals surface area contributed by atoms with Crippen molar-refractivity contribution >= 4 is 34.2 Å². The first kappa shape index (κ1) is 33.3. The number of piperidine rings is 1. The third-order valence-electron chi connectivity index (χ3n) is 9.22. The van der Waals surface area contributed by atoms with Crippen LogP contribution in [0.2, 0.25) is 0 Å². The summed E-state index contributed by atoms with van der Waals surface area (Å²) in [6.07, 6.45) is 7.63. The van der Waals surface area contributed by atoms with Crippen LogP contribution in [0, 0.1) is 0 Å². The van der Waals surface area contributed by atoms with Gasteiger partial charge < -0.3 is 29.1 Å². The van der Waals surface area contributed by atoms with Gasteiger partial charge in [0.15, 0.2) is 22.7 Å². The van der Waals surface area contributed by atoms with Crippen LogP contribution in [0.5, 0.6) is 11.5 Å². The molecule has 0 radical (unpaired) electrons. The van der Waals surface area contributed by atoms with Gasteiger partial charge in [0.25, 0.3) is 11.8 Å². The lowest BCUT2D eigenvalue weighted by Gasteiger charge is -2.32. The predicted molar refractivity (Wildman–Crippen MR) is 195 cm³/mol. The molecule has 1 aliphatic heterocycles. The Hall–Kier alpha value is -6.20. The van der Waals surface area contributed by atoms with E-state index in [1.165, 1.54) is 37.5 Å². The molecule has 1 fully saturated rings. The van der Waals surface area contributed by atoms with Crippen molar-refractivity contribution in [2.24, 2.45) is 0 Å². The van der Waals surface area contributed by atoms with Crippen molar-refractivity contribution in [3.8, 4) is 17.2 Å². The van der Waals surface area contributed by atoms with Crippen LogP contribution in [0.15, 0.2) is 119 Å². The van der Waals surface area contributed by atoms with Crippen molar-refractivity contribution in [3.63, 3.8) is 0 Å². The van der Waals surface area contributed by atoms with Crippen LogP contribution < -0.4 is 25.5 Å². The zero-order chi connectivity index (χ0) is 35.3. The zero-order valence-electron chi connectivity index (χ0n) is 28.3. The standard InChI is InChI=1S/C40H37N5O6/c1-49-36-21-32(33(22-37(36)50-2)43-40(48)38-23-34(46)31-8-3-4-9-35(31)51-38)39(47)42-29-12-10-27(11-13-29)28-14-17-44(18-15-28)24-26-6-5-7-30(20-26)45-19-16-41-25-45/h3-13,16,19-23,25,28H,14-15,17-18,24H2,1-2H3,(H,42,47)(H,43,48). The quantitative estimate of drug-likeness (QED) is 0.160. The SMILES string of the molecule is COc1cc(NC(=O)c2cc(=O)c3ccccc3o2)c(C(=O)Nc2ccc(C3CCN(Cc4cccc(-n5ccnc5)c4)CC3)cc2)cc1OC. The molecule has 2 amide bonds. The molecule has 51 heavy (non-hydrogen) atoms. The van der Waals surface area contributed by atoms with E-state index >= 15 is 0 Å². The number of likely N-dealkylation sites (tertiary alicyclic amines) is 1. The third-order valence-corrected chi connectivity index (χ3v) is 9.22. The Kier molecular flexibility index (Phi) is 9.62. The molecule has 11 heteroatoms. The number of methoxy groups -OCH3 is 2. The van der Waals surface area contributed by atoms with E-state index in [-0.39, 0.29) is 28.0 Å². The smallest absolute Gasteiger partial charge is 0.291 e. The van der Waals surface area contributed by atoms with Crippen LogP contribution in [-0.4, -0.2) is 53.6 Å². The number of nitrogens with one attached hydrogen (secondary N) is 2. The molecule has 3 heterocycles. The molecule has 1 saturated heterocycles. The number of para-hydroxylation sites is 1. The number of fused-ring (bicyclic) bond motifs is 1. The minimum atomic E-state index is -0.697. The Morgan fingerprint density at radius 3 is 2.37 bits per heavy atom. The second-order valence-electron chi connectivity index (χ2n) is 12.4. The van der Waals surface area contributed by atoms with Crippen LogP contribution in [-0.2, 0) is 6.54 Å². The van der Waals surface area contributed by atoms with Crippen molar-refractivity contribution in [1.82, 2.24) is 14.5 Å². The van der Waals surface area contributed by atoms with Crippen molar-refractivity contribution in [3.05, 3.63) is 142 Å². The minimum absolute atomic E-state index is 0.135. The van der Waals surface area contributed by atoms with Gasteiger partial charge in [0.1, 0.15) is 5.58 Å². The van der Waals surface area contributed by atoms with E-state index in [0.29, 0.717) is 28.5 Å². The Balaban J connectivity index is 1.01. The Labute approximate surface area is 294 Å². The van der Waals surface area contributed by atoms with Gasteiger partial charge in [0.2, 0.25) is 0 Å². The summed E-state index contributed by atoms with van der Waals surface area (Å²) < 4.78 is 18.6. The topological polar surface area (TPSA) is 128 Å². The summed E-state index contributed by atoms with van der Waals surface area (Å²) >= 11 is 0. The average molecular weight is 684 g/mol. The van der Waals surface area contributed by atoms with Crippen LogP contribution in [0.1, 0.15) is 50.8 Å². The summed E-state index contributed by atoms with van der Waals surface area (Å²) in [5.41, 5.74) is 4.43. The molecule has 2 N–H and O–H groups in total. The van der Waals surface area contributed by atoms with Gasteiger partial charge in [0.05, 0.1) is 37.2 Å². The second-order valence-corrected chi connectivity index (χ2v) is 12.4. The molecule has 0 bridgehead atoms. The van der Waals surface area contributed by atoms with E-state index in [2.05, 4.69) is 56.9 Å². The average Bonchev–Trinajstić information content (AvgIpc) is 3.71. The highest BCUT2D eigenvalue weighted by Crippen LogP contribution is 2.35. The Bertz CT molecular complexity index is 2240. The molecular formula is C40H37N5O6. The highest BCUT2D eigenvalue weighted by Gasteiger charge is 2.23. The lowest BCUT2D eigenvalue weighted by molar-refractivity contribution is 0.0997. The van der Waals surface area contributed by atoms with Crippen molar-refractivity contribution in [2.45, 2.75) is 25.3 Å². The number of aromatic nitrogens is 2. The molecule has 2 aromatic heterocycles. The fourth-order valence-corrected chi connectivity index (χ4v) is 6.52. The summed E-state index contributed by atoms with van der Waals surface area (Å²) in [5, 5.41) is 6.02. The summed E-state index contributed by atoms with van der Waals surface area (Å²) in [5.74, 6) is -0.317. The number of carbonyl (C=O) groups is 2. The summed E-state index contributed by atoms with van der Waals surface area (Å²) in [7, 11) is 2.92. The summed E-state index contributed by atoms with van der Waals surface area (Å²) in [6.45, 7) is 2.89. The number of hydrogen-bond donors (Lipinski definition) is 2. The Morgan fingerprint density at radius 2 is 1.63 bits per heavy atom. The predicted octanol–water partition coefficient (Wildman–Crippen LogP) is 6.88. The number of benzene rings is 4. The maximum Gasteiger partial charge on any atom is 0.291 e.